The van der Waals surface area contributed by atoms with E-state index in [1.54, 1.807) is 38.8 Å². The summed E-state index contributed by atoms with van der Waals surface area (Å²) in [7, 11) is 3.11. The molecule has 0 bridgehead atoms. The first kappa shape index (κ1) is 23.3. The molecule has 0 radical (unpaired) electrons. The van der Waals surface area contributed by atoms with Gasteiger partial charge in [-0.05, 0) is 36.3 Å². The SMILES string of the molecule is CCOC(=O)Cc1csc(NC(=O)CCN2C=Cc3cc(OC)c(OC)cc3CC2=O)n1. The summed E-state index contributed by atoms with van der Waals surface area (Å²) in [6.07, 6.45) is 3.85. The van der Waals surface area contributed by atoms with Crippen molar-refractivity contribution in [2.45, 2.75) is 26.2 Å². The van der Waals surface area contributed by atoms with Crippen LogP contribution in [0, 0.1) is 0 Å². The van der Waals surface area contributed by atoms with Crippen LogP contribution in [0.2, 0.25) is 0 Å². The molecular weight excluding hydrogens is 434 g/mol. The number of methoxy groups -OCH3 is 2. The predicted octanol–water partition coefficient (Wildman–Crippen LogP) is 2.65. The fraction of sp³-hybridized carbons (Fsp3) is 0.364. The minimum atomic E-state index is -0.363. The molecule has 170 valence electrons. The summed E-state index contributed by atoms with van der Waals surface area (Å²) in [5.74, 6) is 0.394. The molecule has 1 aliphatic heterocycles. The Morgan fingerprint density at radius 2 is 1.97 bits per heavy atom. The molecule has 0 saturated heterocycles. The number of ether oxygens (including phenoxy) is 3. The number of carbonyl (C=O) groups excluding carboxylic acids is 3. The van der Waals surface area contributed by atoms with Crippen LogP contribution in [0.5, 0.6) is 11.5 Å². The molecule has 0 atom stereocenters. The minimum absolute atomic E-state index is 0.0589. The van der Waals surface area contributed by atoms with Gasteiger partial charge in [-0.2, -0.15) is 0 Å². The van der Waals surface area contributed by atoms with Gasteiger partial charge in [0.15, 0.2) is 16.6 Å². The van der Waals surface area contributed by atoms with E-state index in [0.717, 1.165) is 11.1 Å². The molecular formula is C22H25N3O6S. The van der Waals surface area contributed by atoms with Crippen LogP contribution in [0.3, 0.4) is 0 Å². The Bertz CT molecular complexity index is 1030. The molecule has 1 aromatic heterocycles. The van der Waals surface area contributed by atoms with Gasteiger partial charge in [-0.1, -0.05) is 0 Å². The number of esters is 1. The third kappa shape index (κ3) is 5.85. The van der Waals surface area contributed by atoms with E-state index in [1.807, 2.05) is 12.1 Å². The first-order valence-electron chi connectivity index (χ1n) is 10.1. The van der Waals surface area contributed by atoms with Crippen molar-refractivity contribution in [1.82, 2.24) is 9.88 Å². The summed E-state index contributed by atoms with van der Waals surface area (Å²) in [5, 5.41) is 4.81. The van der Waals surface area contributed by atoms with Crippen LogP contribution < -0.4 is 14.8 Å². The number of rotatable bonds is 9. The molecule has 2 amide bonds. The minimum Gasteiger partial charge on any atom is -0.493 e. The molecule has 1 aliphatic rings. The number of carbonyl (C=O) groups is 3. The van der Waals surface area contributed by atoms with E-state index in [1.165, 1.54) is 16.2 Å². The number of benzene rings is 1. The first-order valence-corrected chi connectivity index (χ1v) is 10.9. The fourth-order valence-corrected chi connectivity index (χ4v) is 3.90. The predicted molar refractivity (Wildman–Crippen MR) is 120 cm³/mol. The van der Waals surface area contributed by atoms with Crippen LogP contribution in [-0.2, 0) is 32.0 Å². The Balaban J connectivity index is 1.56. The highest BCUT2D eigenvalue weighted by Gasteiger charge is 2.20. The van der Waals surface area contributed by atoms with E-state index < -0.39 is 0 Å². The number of anilines is 1. The molecule has 0 saturated carbocycles. The lowest BCUT2D eigenvalue weighted by Gasteiger charge is -2.16. The number of nitrogens with zero attached hydrogens (tertiary/aromatic N) is 2. The lowest BCUT2D eigenvalue weighted by atomic mass is 10.0. The molecule has 2 aromatic rings. The van der Waals surface area contributed by atoms with Crippen LogP contribution in [0.4, 0.5) is 5.13 Å². The van der Waals surface area contributed by atoms with Crippen molar-refractivity contribution in [3.8, 4) is 11.5 Å². The molecule has 2 heterocycles. The Hall–Kier alpha value is -3.40. The number of thiazole rings is 1. The number of fused-ring (bicyclic) bond motifs is 1. The van der Waals surface area contributed by atoms with Crippen LogP contribution in [0.15, 0.2) is 23.7 Å². The summed E-state index contributed by atoms with van der Waals surface area (Å²) < 4.78 is 15.5. The second-order valence-corrected chi connectivity index (χ2v) is 7.77. The van der Waals surface area contributed by atoms with Gasteiger partial charge < -0.3 is 24.4 Å². The number of hydrogen-bond acceptors (Lipinski definition) is 8. The quantitative estimate of drug-likeness (QED) is 0.575. The summed E-state index contributed by atoms with van der Waals surface area (Å²) in [4.78, 5) is 42.3. The Labute approximate surface area is 190 Å². The van der Waals surface area contributed by atoms with Crippen molar-refractivity contribution in [2.75, 3.05) is 32.7 Å². The van der Waals surface area contributed by atoms with E-state index in [4.69, 9.17) is 14.2 Å². The molecule has 9 nitrogen and oxygen atoms in total. The van der Waals surface area contributed by atoms with Crippen molar-refractivity contribution < 1.29 is 28.6 Å². The van der Waals surface area contributed by atoms with Gasteiger partial charge in [0, 0.05) is 24.5 Å². The van der Waals surface area contributed by atoms with Crippen LogP contribution >= 0.6 is 11.3 Å². The van der Waals surface area contributed by atoms with Crippen LogP contribution in [-0.4, -0.2) is 55.0 Å². The molecule has 3 rings (SSSR count). The maximum absolute atomic E-state index is 12.7. The van der Waals surface area contributed by atoms with Crippen molar-refractivity contribution in [3.05, 3.63) is 40.5 Å². The third-order valence-corrected chi connectivity index (χ3v) is 5.56. The zero-order valence-corrected chi connectivity index (χ0v) is 19.0. The topological polar surface area (TPSA) is 107 Å². The molecule has 1 N–H and O–H groups in total. The summed E-state index contributed by atoms with van der Waals surface area (Å²) in [6, 6.07) is 3.62. The Morgan fingerprint density at radius 3 is 2.69 bits per heavy atom. The van der Waals surface area contributed by atoms with E-state index >= 15 is 0 Å². The zero-order chi connectivity index (χ0) is 23.1. The summed E-state index contributed by atoms with van der Waals surface area (Å²) in [5.41, 5.74) is 2.23. The molecule has 0 aliphatic carbocycles. The van der Waals surface area contributed by atoms with Gasteiger partial charge in [-0.15, -0.1) is 11.3 Å². The average molecular weight is 460 g/mol. The second-order valence-electron chi connectivity index (χ2n) is 6.91. The van der Waals surface area contributed by atoms with Gasteiger partial charge in [0.25, 0.3) is 0 Å². The highest BCUT2D eigenvalue weighted by molar-refractivity contribution is 7.13. The lowest BCUT2D eigenvalue weighted by Crippen LogP contribution is -2.29. The number of hydrogen-bond donors (Lipinski definition) is 1. The van der Waals surface area contributed by atoms with Crippen LogP contribution in [0.1, 0.15) is 30.2 Å². The molecule has 0 spiro atoms. The highest BCUT2D eigenvalue weighted by Crippen LogP contribution is 2.32. The average Bonchev–Trinajstić information content (AvgIpc) is 3.13. The van der Waals surface area contributed by atoms with Crippen LogP contribution in [0.25, 0.3) is 6.08 Å². The summed E-state index contributed by atoms with van der Waals surface area (Å²) >= 11 is 1.23. The Kier molecular flexibility index (Phi) is 7.82. The fourth-order valence-electron chi connectivity index (χ4n) is 3.17. The normalized spacial score (nSPS) is 12.7. The number of aromatic nitrogens is 1. The molecule has 32 heavy (non-hydrogen) atoms. The standard InChI is InChI=1S/C22H25N3O6S/c1-4-31-21(28)12-16-13-32-22(23-16)24-19(26)6-8-25-7-5-14-9-17(29-2)18(30-3)10-15(14)11-20(25)27/h5,7,9-10,13H,4,6,8,11-12H2,1-3H3,(H,23,24,26). The van der Waals surface area contributed by atoms with E-state index in [9.17, 15) is 14.4 Å². The van der Waals surface area contributed by atoms with Crippen molar-refractivity contribution in [1.29, 1.82) is 0 Å². The zero-order valence-electron chi connectivity index (χ0n) is 18.2. The highest BCUT2D eigenvalue weighted by atomic mass is 32.1. The lowest BCUT2D eigenvalue weighted by molar-refractivity contribution is -0.142. The van der Waals surface area contributed by atoms with E-state index in [0.29, 0.717) is 28.9 Å². The van der Waals surface area contributed by atoms with E-state index in [-0.39, 0.29) is 43.6 Å². The largest absolute Gasteiger partial charge is 0.493 e. The number of amides is 2. The molecule has 1 aromatic carbocycles. The van der Waals surface area contributed by atoms with Gasteiger partial charge in [-0.3, -0.25) is 14.4 Å². The van der Waals surface area contributed by atoms with Gasteiger partial charge in [0.2, 0.25) is 11.8 Å². The van der Waals surface area contributed by atoms with Gasteiger partial charge >= 0.3 is 5.97 Å². The number of nitrogens with one attached hydrogen (secondary N) is 1. The summed E-state index contributed by atoms with van der Waals surface area (Å²) in [6.45, 7) is 2.27. The first-order chi connectivity index (χ1) is 15.4. The van der Waals surface area contributed by atoms with Crippen molar-refractivity contribution >= 4 is 40.3 Å². The van der Waals surface area contributed by atoms with Crippen molar-refractivity contribution in [3.63, 3.8) is 0 Å². The molecule has 0 fully saturated rings. The molecule has 0 unspecified atom stereocenters. The maximum Gasteiger partial charge on any atom is 0.311 e. The maximum atomic E-state index is 12.7. The van der Waals surface area contributed by atoms with Gasteiger partial charge in [0.1, 0.15) is 0 Å². The van der Waals surface area contributed by atoms with E-state index in [2.05, 4.69) is 10.3 Å². The van der Waals surface area contributed by atoms with Gasteiger partial charge in [0.05, 0.1) is 39.4 Å². The van der Waals surface area contributed by atoms with Crippen molar-refractivity contribution in [2.24, 2.45) is 0 Å². The Morgan fingerprint density at radius 1 is 1.22 bits per heavy atom. The second kappa shape index (κ2) is 10.8. The molecule has 10 heteroatoms. The monoisotopic (exact) mass is 459 g/mol. The van der Waals surface area contributed by atoms with Gasteiger partial charge in [-0.25, -0.2) is 4.98 Å². The smallest absolute Gasteiger partial charge is 0.311 e. The third-order valence-electron chi connectivity index (χ3n) is 4.75.